The molecule has 1 N–H and O–H groups in total. The average Bonchev–Trinajstić information content (AvgIpc) is 2.38. The largest absolute Gasteiger partial charge is 0.507 e. The molecule has 0 spiro atoms. The molecule has 0 unspecified atom stereocenters. The van der Waals surface area contributed by atoms with Crippen molar-refractivity contribution in [1.29, 1.82) is 0 Å². The molecule has 0 aliphatic heterocycles. The number of rotatable bonds is 3. The maximum Gasteiger partial charge on any atom is 0.124 e. The van der Waals surface area contributed by atoms with E-state index < -0.39 is 0 Å². The van der Waals surface area contributed by atoms with Crippen molar-refractivity contribution in [2.24, 2.45) is 4.99 Å². The van der Waals surface area contributed by atoms with Gasteiger partial charge in [0.05, 0.1) is 12.8 Å². The van der Waals surface area contributed by atoms with Gasteiger partial charge in [0, 0.05) is 11.8 Å². The Balaban J connectivity index is 2.17. The van der Waals surface area contributed by atoms with Gasteiger partial charge < -0.3 is 9.84 Å². The second-order valence-corrected chi connectivity index (χ2v) is 3.52. The van der Waals surface area contributed by atoms with Crippen LogP contribution in [0.1, 0.15) is 5.56 Å². The van der Waals surface area contributed by atoms with Gasteiger partial charge in [0.2, 0.25) is 0 Å². The molecule has 2 aromatic rings. The Morgan fingerprint density at radius 2 is 1.76 bits per heavy atom. The minimum atomic E-state index is 0.227. The Morgan fingerprint density at radius 1 is 1.06 bits per heavy atom. The summed E-state index contributed by atoms with van der Waals surface area (Å²) in [6.45, 7) is 0. The molecule has 3 nitrogen and oxygen atoms in total. The SMILES string of the molecule is COc1ccc(N=Cc2ccccc2O)cc1. The van der Waals surface area contributed by atoms with Gasteiger partial charge in [-0.05, 0) is 36.4 Å². The number of methoxy groups -OCH3 is 1. The van der Waals surface area contributed by atoms with E-state index in [0.717, 1.165) is 11.4 Å². The number of hydrogen-bond donors (Lipinski definition) is 1. The fraction of sp³-hybridized carbons (Fsp3) is 0.0714. The molecule has 2 aromatic carbocycles. The van der Waals surface area contributed by atoms with Crippen LogP contribution in [0.2, 0.25) is 0 Å². The normalized spacial score (nSPS) is 10.6. The number of phenolic OH excluding ortho intramolecular Hbond substituents is 1. The third-order valence-corrected chi connectivity index (χ3v) is 2.36. The molecular formula is C14H13NO2. The minimum Gasteiger partial charge on any atom is -0.507 e. The van der Waals surface area contributed by atoms with Crippen molar-refractivity contribution >= 4 is 11.9 Å². The van der Waals surface area contributed by atoms with Crippen LogP contribution in [0.25, 0.3) is 0 Å². The summed E-state index contributed by atoms with van der Waals surface area (Å²) in [7, 11) is 1.63. The van der Waals surface area contributed by atoms with Gasteiger partial charge in [-0.25, -0.2) is 0 Å². The number of nitrogens with zero attached hydrogens (tertiary/aromatic N) is 1. The predicted octanol–water partition coefficient (Wildman–Crippen LogP) is 3.15. The van der Waals surface area contributed by atoms with Gasteiger partial charge >= 0.3 is 0 Å². The molecule has 0 aromatic heterocycles. The third kappa shape index (κ3) is 2.84. The van der Waals surface area contributed by atoms with Crippen molar-refractivity contribution in [1.82, 2.24) is 0 Å². The van der Waals surface area contributed by atoms with E-state index in [1.54, 1.807) is 25.5 Å². The summed E-state index contributed by atoms with van der Waals surface area (Å²) in [5, 5.41) is 9.56. The van der Waals surface area contributed by atoms with Crippen LogP contribution in [0.3, 0.4) is 0 Å². The van der Waals surface area contributed by atoms with E-state index in [1.165, 1.54) is 0 Å². The Bertz CT molecular complexity index is 518. The zero-order valence-electron chi connectivity index (χ0n) is 9.50. The molecule has 0 heterocycles. The van der Waals surface area contributed by atoms with Crippen molar-refractivity contribution in [2.45, 2.75) is 0 Å². The maximum absolute atomic E-state index is 9.56. The number of aliphatic imine (C=N–C) groups is 1. The summed E-state index contributed by atoms with van der Waals surface area (Å²) in [5.74, 6) is 1.02. The molecule has 0 aliphatic carbocycles. The molecule has 0 saturated carbocycles. The topological polar surface area (TPSA) is 41.8 Å². The van der Waals surface area contributed by atoms with Gasteiger partial charge in [-0.1, -0.05) is 12.1 Å². The summed E-state index contributed by atoms with van der Waals surface area (Å²) in [4.78, 5) is 4.27. The van der Waals surface area contributed by atoms with Gasteiger partial charge in [0.25, 0.3) is 0 Å². The van der Waals surface area contributed by atoms with Crippen LogP contribution in [0, 0.1) is 0 Å². The monoisotopic (exact) mass is 227 g/mol. The number of phenols is 1. The van der Waals surface area contributed by atoms with E-state index in [0.29, 0.717) is 5.56 Å². The van der Waals surface area contributed by atoms with Gasteiger partial charge in [0.1, 0.15) is 11.5 Å². The number of para-hydroxylation sites is 1. The van der Waals surface area contributed by atoms with Crippen LogP contribution in [0.15, 0.2) is 53.5 Å². The highest BCUT2D eigenvalue weighted by Gasteiger charge is 1.95. The van der Waals surface area contributed by atoms with Crippen LogP contribution in [0.5, 0.6) is 11.5 Å². The predicted molar refractivity (Wildman–Crippen MR) is 68.4 cm³/mol. The Kier molecular flexibility index (Phi) is 3.40. The van der Waals surface area contributed by atoms with Crippen molar-refractivity contribution in [2.75, 3.05) is 7.11 Å². The summed E-state index contributed by atoms with van der Waals surface area (Å²) in [6.07, 6.45) is 1.64. The van der Waals surface area contributed by atoms with Gasteiger partial charge in [-0.2, -0.15) is 0 Å². The average molecular weight is 227 g/mol. The zero-order valence-corrected chi connectivity index (χ0v) is 9.50. The maximum atomic E-state index is 9.56. The first-order valence-corrected chi connectivity index (χ1v) is 5.26. The highest BCUT2D eigenvalue weighted by Crippen LogP contribution is 2.19. The standard InChI is InChI=1S/C14H13NO2/c1-17-13-8-6-12(7-9-13)15-10-11-4-2-3-5-14(11)16/h2-10,16H,1H3. The molecule has 0 fully saturated rings. The van der Waals surface area contributed by atoms with E-state index in [-0.39, 0.29) is 5.75 Å². The summed E-state index contributed by atoms with van der Waals surface area (Å²) < 4.78 is 5.06. The first-order valence-electron chi connectivity index (χ1n) is 5.26. The third-order valence-electron chi connectivity index (χ3n) is 2.36. The number of hydrogen-bond acceptors (Lipinski definition) is 3. The minimum absolute atomic E-state index is 0.227. The molecular weight excluding hydrogens is 214 g/mol. The number of aromatic hydroxyl groups is 1. The van der Waals surface area contributed by atoms with Crippen molar-refractivity contribution < 1.29 is 9.84 Å². The van der Waals surface area contributed by atoms with E-state index in [9.17, 15) is 5.11 Å². The summed E-state index contributed by atoms with van der Waals surface area (Å²) >= 11 is 0. The van der Waals surface area contributed by atoms with Crippen molar-refractivity contribution in [3.63, 3.8) is 0 Å². The van der Waals surface area contributed by atoms with Crippen LogP contribution in [-0.2, 0) is 0 Å². The Morgan fingerprint density at radius 3 is 2.41 bits per heavy atom. The van der Waals surface area contributed by atoms with E-state index in [2.05, 4.69) is 4.99 Å². The number of benzene rings is 2. The molecule has 0 saturated heterocycles. The second-order valence-electron chi connectivity index (χ2n) is 3.52. The highest BCUT2D eigenvalue weighted by molar-refractivity contribution is 5.85. The Labute approximate surface area is 100 Å². The molecule has 0 aliphatic rings. The summed E-state index contributed by atoms with van der Waals surface area (Å²) in [6, 6.07) is 14.5. The Hall–Kier alpha value is -2.29. The lowest BCUT2D eigenvalue weighted by Crippen LogP contribution is -1.82. The molecule has 0 atom stereocenters. The van der Waals surface area contributed by atoms with E-state index in [4.69, 9.17) is 4.74 Å². The fourth-order valence-corrected chi connectivity index (χ4v) is 1.41. The molecule has 17 heavy (non-hydrogen) atoms. The molecule has 2 rings (SSSR count). The van der Waals surface area contributed by atoms with Crippen LogP contribution < -0.4 is 4.74 Å². The number of ether oxygens (including phenoxy) is 1. The van der Waals surface area contributed by atoms with Gasteiger partial charge in [0.15, 0.2) is 0 Å². The van der Waals surface area contributed by atoms with Crippen LogP contribution >= 0.6 is 0 Å². The highest BCUT2D eigenvalue weighted by atomic mass is 16.5. The molecule has 0 radical (unpaired) electrons. The fourth-order valence-electron chi connectivity index (χ4n) is 1.41. The van der Waals surface area contributed by atoms with Crippen LogP contribution in [0.4, 0.5) is 5.69 Å². The molecule has 3 heteroatoms. The first kappa shape index (κ1) is 11.2. The van der Waals surface area contributed by atoms with Gasteiger partial charge in [-0.15, -0.1) is 0 Å². The second kappa shape index (κ2) is 5.16. The molecule has 0 amide bonds. The smallest absolute Gasteiger partial charge is 0.124 e. The molecule has 0 bridgehead atoms. The van der Waals surface area contributed by atoms with E-state index >= 15 is 0 Å². The first-order chi connectivity index (χ1) is 8.29. The quantitative estimate of drug-likeness (QED) is 0.818. The lowest BCUT2D eigenvalue weighted by atomic mass is 10.2. The lowest BCUT2D eigenvalue weighted by molar-refractivity contribution is 0.415. The van der Waals surface area contributed by atoms with Gasteiger partial charge in [-0.3, -0.25) is 4.99 Å². The lowest BCUT2D eigenvalue weighted by Gasteiger charge is -1.99. The van der Waals surface area contributed by atoms with Crippen LogP contribution in [-0.4, -0.2) is 18.4 Å². The summed E-state index contributed by atoms with van der Waals surface area (Å²) in [5.41, 5.74) is 1.51. The zero-order chi connectivity index (χ0) is 12.1. The van der Waals surface area contributed by atoms with E-state index in [1.807, 2.05) is 36.4 Å². The molecule has 86 valence electrons. The van der Waals surface area contributed by atoms with Crippen molar-refractivity contribution in [3.05, 3.63) is 54.1 Å². The van der Waals surface area contributed by atoms with Crippen molar-refractivity contribution in [3.8, 4) is 11.5 Å².